The minimum absolute atomic E-state index is 0.0216. The molecule has 8 rings (SSSR count). The number of thioether (sulfide) groups is 1. The molecule has 4 bridgehead atoms. The second-order valence-electron chi connectivity index (χ2n) is 12.1. The Bertz CT molecular complexity index is 1220. The molecule has 0 spiro atoms. The predicted octanol–water partition coefficient (Wildman–Crippen LogP) is 5.47. The van der Waals surface area contributed by atoms with Gasteiger partial charge in [0.1, 0.15) is 0 Å². The van der Waals surface area contributed by atoms with Gasteiger partial charge in [-0.3, -0.25) is 9.69 Å². The molecule has 4 saturated carbocycles. The number of carbonyl (C=O) groups excluding carboxylic acids is 1. The maximum Gasteiger partial charge on any atom is 0.433 e. The summed E-state index contributed by atoms with van der Waals surface area (Å²) in [6, 6.07) is 7.48. The molecule has 2 heterocycles. The molecule has 0 N–H and O–H groups in total. The topological polar surface area (TPSA) is 49.3 Å². The summed E-state index contributed by atoms with van der Waals surface area (Å²) in [5.74, 6) is 2.68. The minimum Gasteiger partial charge on any atom is -0.339 e. The highest BCUT2D eigenvalue weighted by Crippen LogP contribution is 2.57. The van der Waals surface area contributed by atoms with Crippen LogP contribution in [0.5, 0.6) is 0 Å². The van der Waals surface area contributed by atoms with Crippen LogP contribution in [0.2, 0.25) is 0 Å². The van der Waals surface area contributed by atoms with Gasteiger partial charge in [0.25, 0.3) is 0 Å². The first-order valence-corrected chi connectivity index (χ1v) is 15.0. The van der Waals surface area contributed by atoms with Crippen LogP contribution < -0.4 is 0 Å². The lowest BCUT2D eigenvalue weighted by molar-refractivity contribution is -0.142. The van der Waals surface area contributed by atoms with E-state index in [0.29, 0.717) is 30.7 Å². The molecule has 6 aliphatic rings. The van der Waals surface area contributed by atoms with Crippen LogP contribution >= 0.6 is 11.8 Å². The Morgan fingerprint density at radius 2 is 1.61 bits per heavy atom. The van der Waals surface area contributed by atoms with E-state index in [4.69, 9.17) is 0 Å². The highest BCUT2D eigenvalue weighted by atomic mass is 32.2. The maximum absolute atomic E-state index is 13.9. The number of rotatable bonds is 4. The monoisotopic (exact) mass is 542 g/mol. The molecule has 5 aliphatic carbocycles. The van der Waals surface area contributed by atoms with Crippen molar-refractivity contribution in [3.63, 3.8) is 0 Å². The molecule has 0 radical (unpaired) electrons. The van der Waals surface area contributed by atoms with E-state index in [1.165, 1.54) is 38.5 Å². The van der Waals surface area contributed by atoms with Crippen molar-refractivity contribution in [1.29, 1.82) is 0 Å². The summed E-state index contributed by atoms with van der Waals surface area (Å²) >= 11 is 1.02. The molecule has 0 unspecified atom stereocenters. The zero-order chi connectivity index (χ0) is 26.1. The Morgan fingerprint density at radius 1 is 0.947 bits per heavy atom. The van der Waals surface area contributed by atoms with E-state index in [-0.39, 0.29) is 28.8 Å². The first-order chi connectivity index (χ1) is 18.3. The zero-order valence-electron chi connectivity index (χ0n) is 21.5. The standard InChI is InChI=1S/C29H33F3N4OS/c30-29(31,32)26-23-6-5-21-3-1-2-4-22(21)25(23)33-27(34-26)38-17-24(37)35-7-9-36(10-8-35)28-14-18-11-19(15-28)13-20(12-18)16-28/h1-4,18-20H,5-17H2. The van der Waals surface area contributed by atoms with Gasteiger partial charge in [-0.25, -0.2) is 9.97 Å². The lowest BCUT2D eigenvalue weighted by Gasteiger charge is -2.61. The van der Waals surface area contributed by atoms with Crippen molar-refractivity contribution in [3.8, 4) is 11.3 Å². The quantitative estimate of drug-likeness (QED) is 0.379. The van der Waals surface area contributed by atoms with Crippen molar-refractivity contribution in [2.75, 3.05) is 31.9 Å². The Balaban J connectivity index is 1.03. The van der Waals surface area contributed by atoms with E-state index >= 15 is 0 Å². The zero-order valence-corrected chi connectivity index (χ0v) is 22.3. The molecule has 1 aromatic carbocycles. The molecule has 5 fully saturated rings. The number of fused-ring (bicyclic) bond motifs is 3. The highest BCUT2D eigenvalue weighted by molar-refractivity contribution is 7.99. The normalized spacial score (nSPS) is 30.3. The maximum atomic E-state index is 13.9. The van der Waals surface area contributed by atoms with Crippen LogP contribution in [0.1, 0.15) is 55.3 Å². The van der Waals surface area contributed by atoms with Crippen molar-refractivity contribution in [2.24, 2.45) is 17.8 Å². The average Bonchev–Trinajstić information content (AvgIpc) is 2.90. The number of alkyl halides is 3. The van der Waals surface area contributed by atoms with Gasteiger partial charge in [-0.2, -0.15) is 13.2 Å². The summed E-state index contributed by atoms with van der Waals surface area (Å²) in [6.45, 7) is 3.17. The van der Waals surface area contributed by atoms with Gasteiger partial charge in [0.05, 0.1) is 11.4 Å². The van der Waals surface area contributed by atoms with Crippen molar-refractivity contribution >= 4 is 17.7 Å². The highest BCUT2D eigenvalue weighted by Gasteiger charge is 2.53. The number of halogens is 3. The molecule has 5 nitrogen and oxygen atoms in total. The number of aryl methyl sites for hydroxylation is 1. The van der Waals surface area contributed by atoms with Crippen LogP contribution in [0.4, 0.5) is 13.2 Å². The molecule has 202 valence electrons. The lowest BCUT2D eigenvalue weighted by atomic mass is 9.52. The Morgan fingerprint density at radius 3 is 2.26 bits per heavy atom. The fourth-order valence-electron chi connectivity index (χ4n) is 8.55. The number of hydrogen-bond acceptors (Lipinski definition) is 5. The van der Waals surface area contributed by atoms with Gasteiger partial charge < -0.3 is 4.90 Å². The van der Waals surface area contributed by atoms with Crippen LogP contribution in [-0.2, 0) is 23.8 Å². The second-order valence-corrected chi connectivity index (χ2v) is 13.1. The van der Waals surface area contributed by atoms with Gasteiger partial charge in [0.2, 0.25) is 5.91 Å². The van der Waals surface area contributed by atoms with E-state index in [2.05, 4.69) is 14.9 Å². The summed E-state index contributed by atoms with van der Waals surface area (Å²) in [4.78, 5) is 26.1. The van der Waals surface area contributed by atoms with E-state index in [1.807, 2.05) is 29.2 Å². The molecule has 1 saturated heterocycles. The first-order valence-electron chi connectivity index (χ1n) is 14.0. The molecular weight excluding hydrogens is 509 g/mol. The Hall–Kier alpha value is -2.13. The number of carbonyl (C=O) groups is 1. The number of aromatic nitrogens is 2. The van der Waals surface area contributed by atoms with Crippen LogP contribution in [0.25, 0.3) is 11.3 Å². The molecular formula is C29H33F3N4OS. The van der Waals surface area contributed by atoms with Crippen LogP contribution in [0.15, 0.2) is 29.4 Å². The van der Waals surface area contributed by atoms with Crippen LogP contribution in [0.3, 0.4) is 0 Å². The molecule has 9 heteroatoms. The average molecular weight is 543 g/mol. The summed E-state index contributed by atoms with van der Waals surface area (Å²) < 4.78 is 41.8. The minimum atomic E-state index is -4.56. The SMILES string of the molecule is O=C(CSc1nc2c(c(C(F)(F)F)n1)CCc1ccccc1-2)N1CCN(C23CC4CC(CC(C4)C2)C3)CC1. The number of nitrogens with zero attached hydrogens (tertiary/aromatic N) is 4. The van der Waals surface area contributed by atoms with Gasteiger partial charge in [0, 0.05) is 42.8 Å². The van der Waals surface area contributed by atoms with Gasteiger partial charge in [0.15, 0.2) is 10.9 Å². The third-order valence-electron chi connectivity index (χ3n) is 9.81. The van der Waals surface area contributed by atoms with E-state index in [0.717, 1.165) is 53.7 Å². The molecule has 1 amide bonds. The molecule has 1 aliphatic heterocycles. The summed E-state index contributed by atoms with van der Waals surface area (Å²) in [5.41, 5.74) is 1.73. The fraction of sp³-hybridized carbons (Fsp3) is 0.621. The first kappa shape index (κ1) is 24.9. The summed E-state index contributed by atoms with van der Waals surface area (Å²) in [5, 5.41) is 0.0216. The summed E-state index contributed by atoms with van der Waals surface area (Å²) in [6.07, 6.45) is 4.46. The van der Waals surface area contributed by atoms with Crippen molar-refractivity contribution in [1.82, 2.24) is 19.8 Å². The predicted molar refractivity (Wildman–Crippen MR) is 140 cm³/mol. The van der Waals surface area contributed by atoms with Gasteiger partial charge >= 0.3 is 6.18 Å². The van der Waals surface area contributed by atoms with Crippen molar-refractivity contribution < 1.29 is 18.0 Å². The third-order valence-corrected chi connectivity index (χ3v) is 10.6. The lowest BCUT2D eigenvalue weighted by Crippen LogP contribution is -2.64. The molecule has 38 heavy (non-hydrogen) atoms. The van der Waals surface area contributed by atoms with Gasteiger partial charge in [-0.05, 0) is 74.7 Å². The number of amides is 1. The molecule has 0 atom stereocenters. The Labute approximate surface area is 225 Å². The number of benzene rings is 1. The summed E-state index contributed by atoms with van der Waals surface area (Å²) in [7, 11) is 0. The second kappa shape index (κ2) is 9.22. The Kier molecular flexibility index (Phi) is 6.04. The number of piperazine rings is 1. The van der Waals surface area contributed by atoms with E-state index < -0.39 is 11.9 Å². The fourth-order valence-corrected chi connectivity index (χ4v) is 9.30. The molecule has 1 aromatic heterocycles. The van der Waals surface area contributed by atoms with Crippen LogP contribution in [0, 0.1) is 17.8 Å². The van der Waals surface area contributed by atoms with Gasteiger partial charge in [-0.15, -0.1) is 0 Å². The largest absolute Gasteiger partial charge is 0.433 e. The van der Waals surface area contributed by atoms with Gasteiger partial charge in [-0.1, -0.05) is 36.0 Å². The number of hydrogen-bond donors (Lipinski definition) is 0. The van der Waals surface area contributed by atoms with E-state index in [9.17, 15) is 18.0 Å². The van der Waals surface area contributed by atoms with E-state index in [1.54, 1.807) is 0 Å². The van der Waals surface area contributed by atoms with Crippen LogP contribution in [-0.4, -0.2) is 63.1 Å². The van der Waals surface area contributed by atoms with Crippen molar-refractivity contribution in [2.45, 2.75) is 68.2 Å². The smallest absolute Gasteiger partial charge is 0.339 e. The van der Waals surface area contributed by atoms with Crippen molar-refractivity contribution in [3.05, 3.63) is 41.1 Å². The molecule has 2 aromatic rings. The third kappa shape index (κ3) is 4.34.